The molecule has 3 rings (SSSR count). The van der Waals surface area contributed by atoms with Gasteiger partial charge in [0.05, 0.1) is 17.6 Å². The SMILES string of the molecule is CCS(=O)(=O)CCNC(=NC)NCCN1C(=O)C2C3C=CC(C3)C2C1=O.I. The number of sulfone groups is 1. The number of nitrogens with one attached hydrogen (secondary N) is 2. The number of carbonyl (C=O) groups is 2. The molecule has 1 saturated heterocycles. The Kier molecular flexibility index (Phi) is 7.28. The first-order chi connectivity index (χ1) is 12.4. The van der Waals surface area contributed by atoms with Gasteiger partial charge in [-0.2, -0.15) is 0 Å². The van der Waals surface area contributed by atoms with Gasteiger partial charge in [-0.25, -0.2) is 8.42 Å². The molecule has 8 nitrogen and oxygen atoms in total. The number of hydrogen-bond acceptors (Lipinski definition) is 5. The normalized spacial score (nSPS) is 29.1. The molecule has 10 heteroatoms. The highest BCUT2D eigenvalue weighted by Crippen LogP contribution is 2.52. The standard InChI is InChI=1S/C17H26N4O4S.HI/c1-3-26(24,25)9-7-20-17(18-2)19-6-8-21-15(22)13-11-4-5-12(10-11)14(13)16(21)23;/h4-5,11-14H,3,6-10H2,1-2H3,(H2,18,19,20);1H. The summed E-state index contributed by atoms with van der Waals surface area (Å²) in [5.41, 5.74) is 0. The van der Waals surface area contributed by atoms with E-state index in [9.17, 15) is 18.0 Å². The number of aliphatic imine (C=N–C) groups is 1. The number of nitrogens with zero attached hydrogens (tertiary/aromatic N) is 2. The van der Waals surface area contributed by atoms with Crippen molar-refractivity contribution in [2.24, 2.45) is 28.7 Å². The highest BCUT2D eigenvalue weighted by Gasteiger charge is 2.58. The van der Waals surface area contributed by atoms with E-state index in [0.29, 0.717) is 12.5 Å². The van der Waals surface area contributed by atoms with Crippen LogP contribution in [-0.4, -0.2) is 69.3 Å². The number of guanidine groups is 1. The molecule has 1 aliphatic heterocycles. The molecule has 2 N–H and O–H groups in total. The highest BCUT2D eigenvalue weighted by atomic mass is 127. The van der Waals surface area contributed by atoms with E-state index in [1.165, 1.54) is 4.90 Å². The predicted molar refractivity (Wildman–Crippen MR) is 114 cm³/mol. The van der Waals surface area contributed by atoms with Crippen molar-refractivity contribution in [1.82, 2.24) is 15.5 Å². The Hall–Kier alpha value is -1.17. The van der Waals surface area contributed by atoms with Gasteiger partial charge in [0.2, 0.25) is 11.8 Å². The molecule has 4 unspecified atom stereocenters. The van der Waals surface area contributed by atoms with Crippen molar-refractivity contribution in [1.29, 1.82) is 0 Å². The summed E-state index contributed by atoms with van der Waals surface area (Å²) in [5, 5.41) is 5.96. The van der Waals surface area contributed by atoms with Crippen LogP contribution in [0.3, 0.4) is 0 Å². The molecule has 2 fully saturated rings. The van der Waals surface area contributed by atoms with Crippen molar-refractivity contribution in [3.8, 4) is 0 Å². The number of amides is 2. The first-order valence-corrected chi connectivity index (χ1v) is 10.9. The minimum Gasteiger partial charge on any atom is -0.355 e. The third-order valence-corrected chi connectivity index (χ3v) is 7.26. The molecule has 3 aliphatic rings. The van der Waals surface area contributed by atoms with Gasteiger partial charge in [-0.3, -0.25) is 19.5 Å². The molecular weight excluding hydrogens is 483 g/mol. The van der Waals surface area contributed by atoms with Gasteiger partial charge in [-0.05, 0) is 18.3 Å². The van der Waals surface area contributed by atoms with Crippen molar-refractivity contribution >= 4 is 51.6 Å². The molecule has 0 spiro atoms. The fraction of sp³-hybridized carbons (Fsp3) is 0.706. The summed E-state index contributed by atoms with van der Waals surface area (Å²) in [7, 11) is -1.45. The van der Waals surface area contributed by atoms with E-state index in [1.807, 2.05) is 0 Å². The second-order valence-corrected chi connectivity index (χ2v) is 9.46. The smallest absolute Gasteiger partial charge is 0.233 e. The molecule has 2 bridgehead atoms. The van der Waals surface area contributed by atoms with E-state index >= 15 is 0 Å². The first kappa shape index (κ1) is 22.1. The second kappa shape index (κ2) is 8.89. The van der Waals surface area contributed by atoms with Crippen LogP contribution in [0.2, 0.25) is 0 Å². The summed E-state index contributed by atoms with van der Waals surface area (Å²) >= 11 is 0. The molecule has 0 aromatic heterocycles. The number of carbonyl (C=O) groups excluding carboxylic acids is 2. The number of fused-ring (bicyclic) bond motifs is 5. The summed E-state index contributed by atoms with van der Waals surface area (Å²) in [6, 6.07) is 0. The third kappa shape index (κ3) is 4.47. The Morgan fingerprint density at radius 1 is 1.15 bits per heavy atom. The minimum absolute atomic E-state index is 0. The summed E-state index contributed by atoms with van der Waals surface area (Å²) in [6.07, 6.45) is 5.08. The number of imide groups is 1. The molecule has 27 heavy (non-hydrogen) atoms. The second-order valence-electron chi connectivity index (χ2n) is 6.99. The van der Waals surface area contributed by atoms with E-state index < -0.39 is 9.84 Å². The van der Waals surface area contributed by atoms with Crippen molar-refractivity contribution < 1.29 is 18.0 Å². The summed E-state index contributed by atoms with van der Waals surface area (Å²) in [5.74, 6) is 0.571. The maximum atomic E-state index is 12.6. The lowest BCUT2D eigenvalue weighted by molar-refractivity contribution is -0.140. The fourth-order valence-electron chi connectivity index (χ4n) is 4.16. The largest absolute Gasteiger partial charge is 0.355 e. The number of likely N-dealkylation sites (tertiary alicyclic amines) is 1. The van der Waals surface area contributed by atoms with Gasteiger partial charge in [0.1, 0.15) is 0 Å². The quantitative estimate of drug-likeness (QED) is 0.164. The first-order valence-electron chi connectivity index (χ1n) is 9.06. The predicted octanol–water partition coefficient (Wildman–Crippen LogP) is 0.0112. The van der Waals surface area contributed by atoms with Crippen LogP contribution in [0.15, 0.2) is 17.1 Å². The van der Waals surface area contributed by atoms with Crippen molar-refractivity contribution in [3.63, 3.8) is 0 Å². The lowest BCUT2D eigenvalue weighted by Crippen LogP contribution is -2.44. The molecule has 152 valence electrons. The van der Waals surface area contributed by atoms with E-state index in [2.05, 4.69) is 27.8 Å². The maximum Gasteiger partial charge on any atom is 0.233 e. The zero-order chi connectivity index (χ0) is 18.9. The van der Waals surface area contributed by atoms with E-state index in [-0.39, 0.29) is 84.1 Å². The summed E-state index contributed by atoms with van der Waals surface area (Å²) in [6.45, 7) is 2.54. The van der Waals surface area contributed by atoms with E-state index in [4.69, 9.17) is 0 Å². The van der Waals surface area contributed by atoms with Crippen molar-refractivity contribution in [2.45, 2.75) is 13.3 Å². The molecular formula is C17H27IN4O4S. The van der Waals surface area contributed by atoms with Crippen LogP contribution in [0.1, 0.15) is 13.3 Å². The Labute approximate surface area is 177 Å². The Balaban J connectivity index is 0.00000261. The lowest BCUT2D eigenvalue weighted by atomic mass is 9.85. The lowest BCUT2D eigenvalue weighted by Gasteiger charge is -2.18. The number of rotatable bonds is 7. The number of allylic oxidation sites excluding steroid dienone is 2. The van der Waals surface area contributed by atoms with Crippen LogP contribution < -0.4 is 10.6 Å². The van der Waals surface area contributed by atoms with Crippen molar-refractivity contribution in [2.75, 3.05) is 38.2 Å². The molecule has 4 atom stereocenters. The Bertz CT molecular complexity index is 722. The van der Waals surface area contributed by atoms with Crippen LogP contribution in [0.5, 0.6) is 0 Å². The monoisotopic (exact) mass is 510 g/mol. The van der Waals surface area contributed by atoms with Gasteiger partial charge >= 0.3 is 0 Å². The van der Waals surface area contributed by atoms with Gasteiger partial charge in [-0.1, -0.05) is 19.1 Å². The van der Waals surface area contributed by atoms with Crippen LogP contribution in [0, 0.1) is 23.7 Å². The molecule has 0 aromatic rings. The third-order valence-electron chi connectivity index (χ3n) is 5.56. The van der Waals surface area contributed by atoms with Crippen LogP contribution in [0.4, 0.5) is 0 Å². The average Bonchev–Trinajstić information content (AvgIpc) is 3.29. The van der Waals surface area contributed by atoms with Gasteiger partial charge in [-0.15, -0.1) is 24.0 Å². The summed E-state index contributed by atoms with van der Waals surface area (Å²) in [4.78, 5) is 30.6. The number of halogens is 1. The van der Waals surface area contributed by atoms with Crippen molar-refractivity contribution in [3.05, 3.63) is 12.2 Å². The zero-order valence-corrected chi connectivity index (χ0v) is 18.7. The van der Waals surface area contributed by atoms with Crippen LogP contribution in [-0.2, 0) is 19.4 Å². The summed E-state index contributed by atoms with van der Waals surface area (Å²) < 4.78 is 23.0. The van der Waals surface area contributed by atoms with Gasteiger partial charge in [0, 0.05) is 32.4 Å². The minimum atomic E-state index is -3.03. The molecule has 1 heterocycles. The molecule has 0 radical (unpaired) electrons. The maximum absolute atomic E-state index is 12.6. The molecule has 2 amide bonds. The molecule has 0 aromatic carbocycles. The van der Waals surface area contributed by atoms with Gasteiger partial charge in [0.25, 0.3) is 0 Å². The zero-order valence-electron chi connectivity index (χ0n) is 15.6. The van der Waals surface area contributed by atoms with Gasteiger partial charge in [0.15, 0.2) is 15.8 Å². The average molecular weight is 510 g/mol. The van der Waals surface area contributed by atoms with E-state index in [1.54, 1.807) is 14.0 Å². The van der Waals surface area contributed by atoms with E-state index in [0.717, 1.165) is 6.42 Å². The van der Waals surface area contributed by atoms with Crippen LogP contribution >= 0.6 is 24.0 Å². The Morgan fingerprint density at radius 2 is 1.70 bits per heavy atom. The number of hydrogen-bond donors (Lipinski definition) is 2. The van der Waals surface area contributed by atoms with Gasteiger partial charge < -0.3 is 10.6 Å². The topological polar surface area (TPSA) is 108 Å². The molecule has 2 aliphatic carbocycles. The van der Waals surface area contributed by atoms with Crippen LogP contribution in [0.25, 0.3) is 0 Å². The Morgan fingerprint density at radius 3 is 2.22 bits per heavy atom. The fourth-order valence-corrected chi connectivity index (χ4v) is 4.86. The molecule has 1 saturated carbocycles. The highest BCUT2D eigenvalue weighted by molar-refractivity contribution is 14.0.